The number of pyridine rings is 1. The number of aromatic nitrogens is 2. The number of hydrogen-bond donors (Lipinski definition) is 1. The molecule has 0 unspecified atom stereocenters. The minimum absolute atomic E-state index is 0.388. The van der Waals surface area contributed by atoms with E-state index in [-0.39, 0.29) is 0 Å². The van der Waals surface area contributed by atoms with Crippen molar-refractivity contribution in [2.24, 2.45) is 5.73 Å². The largest absolute Gasteiger partial charge is 0.439 e. The normalized spacial score (nSPS) is 10.7. The highest BCUT2D eigenvalue weighted by molar-refractivity contribution is 7.99. The molecule has 84 valence electrons. The molecule has 0 saturated heterocycles. The molecule has 16 heavy (non-hydrogen) atoms. The number of nitrogens with two attached hydrogens (primary N) is 1. The molecular formula is C10H10ClN3OS. The SMILES string of the molecule is Cc1coc(Sc2nccc(CN)c2Cl)n1. The zero-order valence-electron chi connectivity index (χ0n) is 8.61. The van der Waals surface area contributed by atoms with Crippen molar-refractivity contribution in [3.8, 4) is 0 Å². The van der Waals surface area contributed by atoms with Gasteiger partial charge < -0.3 is 10.2 Å². The summed E-state index contributed by atoms with van der Waals surface area (Å²) in [6, 6.07) is 1.80. The highest BCUT2D eigenvalue weighted by Gasteiger charge is 2.11. The first kappa shape index (κ1) is 11.4. The summed E-state index contributed by atoms with van der Waals surface area (Å²) in [7, 11) is 0. The molecule has 0 atom stereocenters. The van der Waals surface area contributed by atoms with E-state index >= 15 is 0 Å². The molecule has 0 aliphatic rings. The fraction of sp³-hybridized carbons (Fsp3) is 0.200. The van der Waals surface area contributed by atoms with Gasteiger partial charge in [-0.15, -0.1) is 0 Å². The van der Waals surface area contributed by atoms with Crippen LogP contribution in [0.5, 0.6) is 0 Å². The molecule has 0 amide bonds. The van der Waals surface area contributed by atoms with Gasteiger partial charge in [-0.05, 0) is 30.3 Å². The third-order valence-corrected chi connectivity index (χ3v) is 3.34. The molecule has 0 radical (unpaired) electrons. The lowest BCUT2D eigenvalue weighted by Crippen LogP contribution is -1.98. The van der Waals surface area contributed by atoms with Crippen LogP contribution in [-0.2, 0) is 6.54 Å². The third-order valence-electron chi connectivity index (χ3n) is 1.94. The van der Waals surface area contributed by atoms with E-state index in [0.717, 1.165) is 11.3 Å². The Bertz CT molecular complexity index is 501. The Morgan fingerprint density at radius 1 is 1.56 bits per heavy atom. The van der Waals surface area contributed by atoms with E-state index in [9.17, 15) is 0 Å². The van der Waals surface area contributed by atoms with Crippen LogP contribution in [0.3, 0.4) is 0 Å². The summed E-state index contributed by atoms with van der Waals surface area (Å²) < 4.78 is 5.22. The van der Waals surface area contributed by atoms with Crippen LogP contribution >= 0.6 is 23.4 Å². The lowest BCUT2D eigenvalue weighted by Gasteiger charge is -2.03. The van der Waals surface area contributed by atoms with Crippen LogP contribution in [0.25, 0.3) is 0 Å². The van der Waals surface area contributed by atoms with E-state index in [0.29, 0.717) is 21.8 Å². The molecule has 4 nitrogen and oxygen atoms in total. The Hall–Kier alpha value is -1.04. The molecule has 2 heterocycles. The Balaban J connectivity index is 2.28. The topological polar surface area (TPSA) is 64.9 Å². The van der Waals surface area contributed by atoms with E-state index in [1.54, 1.807) is 18.5 Å². The number of hydrogen-bond acceptors (Lipinski definition) is 5. The second-order valence-electron chi connectivity index (χ2n) is 3.15. The molecular weight excluding hydrogens is 246 g/mol. The number of rotatable bonds is 3. The van der Waals surface area contributed by atoms with Crippen molar-refractivity contribution >= 4 is 23.4 Å². The smallest absolute Gasteiger partial charge is 0.262 e. The Morgan fingerprint density at radius 2 is 2.38 bits per heavy atom. The Morgan fingerprint density at radius 3 is 3.00 bits per heavy atom. The molecule has 2 aromatic rings. The summed E-state index contributed by atoms with van der Waals surface area (Å²) in [4.78, 5) is 8.34. The number of halogens is 1. The summed E-state index contributed by atoms with van der Waals surface area (Å²) in [5.74, 6) is 0. The van der Waals surface area contributed by atoms with Crippen molar-refractivity contribution in [2.75, 3.05) is 0 Å². The first-order valence-corrected chi connectivity index (χ1v) is 5.83. The van der Waals surface area contributed by atoms with Crippen molar-refractivity contribution in [1.82, 2.24) is 9.97 Å². The van der Waals surface area contributed by atoms with E-state index in [1.807, 2.05) is 6.92 Å². The van der Waals surface area contributed by atoms with Gasteiger partial charge >= 0.3 is 0 Å². The predicted molar refractivity (Wildman–Crippen MR) is 62.5 cm³/mol. The van der Waals surface area contributed by atoms with Crippen molar-refractivity contribution in [2.45, 2.75) is 23.7 Å². The predicted octanol–water partition coefficient (Wildman–Crippen LogP) is 2.64. The monoisotopic (exact) mass is 255 g/mol. The summed E-state index contributed by atoms with van der Waals surface area (Å²) in [5.41, 5.74) is 7.25. The number of nitrogens with zero attached hydrogens (tertiary/aromatic N) is 2. The lowest BCUT2D eigenvalue weighted by molar-refractivity contribution is 0.454. The van der Waals surface area contributed by atoms with Gasteiger partial charge in [0.05, 0.1) is 10.7 Å². The number of oxazole rings is 1. The van der Waals surface area contributed by atoms with Gasteiger partial charge in [-0.3, -0.25) is 0 Å². The second-order valence-corrected chi connectivity index (χ2v) is 4.47. The third kappa shape index (κ3) is 2.37. The lowest BCUT2D eigenvalue weighted by atomic mass is 10.3. The summed E-state index contributed by atoms with van der Waals surface area (Å²) in [6.07, 6.45) is 3.26. The summed E-state index contributed by atoms with van der Waals surface area (Å²) in [5, 5.41) is 1.75. The van der Waals surface area contributed by atoms with Crippen LogP contribution in [0.4, 0.5) is 0 Å². The van der Waals surface area contributed by atoms with Crippen LogP contribution in [0, 0.1) is 6.92 Å². The molecule has 0 aliphatic heterocycles. The maximum Gasteiger partial charge on any atom is 0.262 e. The van der Waals surface area contributed by atoms with E-state index in [2.05, 4.69) is 9.97 Å². The maximum absolute atomic E-state index is 6.13. The van der Waals surface area contributed by atoms with Crippen molar-refractivity contribution in [3.05, 3.63) is 34.8 Å². The molecule has 6 heteroatoms. The quantitative estimate of drug-likeness (QED) is 0.913. The molecule has 0 saturated carbocycles. The first-order valence-electron chi connectivity index (χ1n) is 4.64. The minimum atomic E-state index is 0.388. The zero-order valence-corrected chi connectivity index (χ0v) is 10.2. The van der Waals surface area contributed by atoms with E-state index in [4.69, 9.17) is 21.8 Å². The average molecular weight is 256 g/mol. The maximum atomic E-state index is 6.13. The van der Waals surface area contributed by atoms with Crippen LogP contribution in [0.15, 0.2) is 33.2 Å². The zero-order chi connectivity index (χ0) is 11.5. The van der Waals surface area contributed by atoms with Gasteiger partial charge in [0.15, 0.2) is 0 Å². The standard InChI is InChI=1S/C10H10ClN3OS/c1-6-5-15-10(14-6)16-9-8(11)7(4-12)2-3-13-9/h2-3,5H,4,12H2,1H3. The average Bonchev–Trinajstić information content (AvgIpc) is 2.67. The van der Waals surface area contributed by atoms with Crippen molar-refractivity contribution in [1.29, 1.82) is 0 Å². The second kappa shape index (κ2) is 4.86. The van der Waals surface area contributed by atoms with Gasteiger partial charge in [0.2, 0.25) is 0 Å². The van der Waals surface area contributed by atoms with Gasteiger partial charge in [0.1, 0.15) is 11.3 Å². The summed E-state index contributed by atoms with van der Waals surface area (Å²) in [6.45, 7) is 2.25. The molecule has 2 N–H and O–H groups in total. The highest BCUT2D eigenvalue weighted by Crippen LogP contribution is 2.32. The van der Waals surface area contributed by atoms with Gasteiger partial charge in [0, 0.05) is 12.7 Å². The molecule has 2 aromatic heterocycles. The van der Waals surface area contributed by atoms with Crippen LogP contribution < -0.4 is 5.73 Å². The molecule has 0 aliphatic carbocycles. The van der Waals surface area contributed by atoms with Crippen LogP contribution in [0.1, 0.15) is 11.3 Å². The Labute approximate surface area is 102 Å². The summed E-state index contributed by atoms with van der Waals surface area (Å²) >= 11 is 7.42. The van der Waals surface area contributed by atoms with Crippen molar-refractivity contribution in [3.63, 3.8) is 0 Å². The number of aryl methyl sites for hydroxylation is 1. The van der Waals surface area contributed by atoms with Gasteiger partial charge in [-0.25, -0.2) is 9.97 Å². The van der Waals surface area contributed by atoms with E-state index < -0.39 is 0 Å². The fourth-order valence-electron chi connectivity index (χ4n) is 1.15. The van der Waals surface area contributed by atoms with Gasteiger partial charge in [0.25, 0.3) is 5.22 Å². The fourth-order valence-corrected chi connectivity index (χ4v) is 2.24. The molecule has 0 aromatic carbocycles. The molecule has 2 rings (SSSR count). The van der Waals surface area contributed by atoms with E-state index in [1.165, 1.54) is 11.8 Å². The molecule has 0 bridgehead atoms. The van der Waals surface area contributed by atoms with Crippen molar-refractivity contribution < 1.29 is 4.42 Å². The van der Waals surface area contributed by atoms with Crippen LogP contribution in [-0.4, -0.2) is 9.97 Å². The Kier molecular flexibility index (Phi) is 3.48. The van der Waals surface area contributed by atoms with Gasteiger partial charge in [-0.2, -0.15) is 0 Å². The van der Waals surface area contributed by atoms with Gasteiger partial charge in [-0.1, -0.05) is 11.6 Å². The first-order chi connectivity index (χ1) is 7.70. The molecule has 0 fully saturated rings. The van der Waals surface area contributed by atoms with Crippen LogP contribution in [0.2, 0.25) is 5.02 Å². The minimum Gasteiger partial charge on any atom is -0.439 e. The molecule has 0 spiro atoms. The highest BCUT2D eigenvalue weighted by atomic mass is 35.5.